The smallest absolute Gasteiger partial charge is 0.144 e. The largest absolute Gasteiger partial charge is 0.455 e. The molecule has 0 unspecified atom stereocenters. The average Bonchev–Trinajstić information content (AvgIpc) is 3.39. The molecule has 2 aromatic heterocycles. The number of para-hydroxylation sites is 1. The number of benzene rings is 5. The van der Waals surface area contributed by atoms with Crippen LogP contribution < -0.4 is 0 Å². The van der Waals surface area contributed by atoms with Crippen LogP contribution in [0.3, 0.4) is 0 Å². The summed E-state index contributed by atoms with van der Waals surface area (Å²) in [7, 11) is 0. The lowest BCUT2D eigenvalue weighted by Gasteiger charge is -2.27. The molecule has 0 amide bonds. The maximum Gasteiger partial charge on any atom is 0.144 e. The van der Waals surface area contributed by atoms with Crippen molar-refractivity contribution in [3.8, 4) is 22.4 Å². The van der Waals surface area contributed by atoms with Crippen LogP contribution in [0.5, 0.6) is 0 Å². The van der Waals surface area contributed by atoms with Crippen LogP contribution in [-0.4, -0.2) is 4.98 Å². The number of rotatable bonds is 4. The zero-order chi connectivity index (χ0) is 33.4. The monoisotopic (exact) mass is 578 g/mol. The molecule has 0 saturated carbocycles. The van der Waals surface area contributed by atoms with Gasteiger partial charge in [-0.05, 0) is 103 Å². The Morgan fingerprint density at radius 2 is 1.39 bits per heavy atom. The molecule has 0 aliphatic carbocycles. The van der Waals surface area contributed by atoms with Crippen LogP contribution in [0, 0.1) is 6.85 Å². The normalized spacial score (nSPS) is 13.8. The van der Waals surface area contributed by atoms with E-state index in [4.69, 9.17) is 13.5 Å². The molecule has 220 valence electrons. The third kappa shape index (κ3) is 4.59. The Kier molecular flexibility index (Phi) is 5.86. The van der Waals surface area contributed by atoms with Crippen LogP contribution in [0.1, 0.15) is 86.7 Å². The van der Waals surface area contributed by atoms with Gasteiger partial charge in [0, 0.05) is 26.6 Å². The average molecular weight is 579 g/mol. The van der Waals surface area contributed by atoms with Crippen molar-refractivity contribution in [2.45, 2.75) is 72.6 Å². The van der Waals surface area contributed by atoms with Gasteiger partial charge in [-0.15, -0.1) is 0 Å². The molecule has 0 bridgehead atoms. The molecule has 0 saturated heterocycles. The predicted molar refractivity (Wildman–Crippen MR) is 189 cm³/mol. The second-order valence-corrected chi connectivity index (χ2v) is 13.8. The Hall–Kier alpha value is -4.43. The van der Waals surface area contributed by atoms with Gasteiger partial charge in [0.05, 0.1) is 5.69 Å². The fraction of sp³-hybridized carbons (Fsp3) is 0.262. The molecule has 0 aliphatic rings. The Morgan fingerprint density at radius 3 is 2.09 bits per heavy atom. The van der Waals surface area contributed by atoms with Crippen molar-refractivity contribution in [1.29, 1.82) is 0 Å². The number of nitrogens with zero attached hydrogens (tertiary/aromatic N) is 1. The van der Waals surface area contributed by atoms with Crippen molar-refractivity contribution >= 4 is 43.5 Å². The number of pyridine rings is 1. The highest BCUT2D eigenvalue weighted by Crippen LogP contribution is 2.43. The maximum atomic E-state index is 8.54. The van der Waals surface area contributed by atoms with E-state index in [9.17, 15) is 0 Å². The van der Waals surface area contributed by atoms with Gasteiger partial charge in [-0.1, -0.05) is 109 Å². The molecule has 5 aromatic carbocycles. The van der Waals surface area contributed by atoms with Crippen LogP contribution >= 0.6 is 0 Å². The lowest BCUT2D eigenvalue weighted by Crippen LogP contribution is -2.14. The van der Waals surface area contributed by atoms with E-state index in [0.717, 1.165) is 55.0 Å². The van der Waals surface area contributed by atoms with Gasteiger partial charge in [0.2, 0.25) is 0 Å². The molecule has 0 atom stereocenters. The van der Waals surface area contributed by atoms with Gasteiger partial charge in [0.1, 0.15) is 11.2 Å². The highest BCUT2D eigenvalue weighted by atomic mass is 16.3. The van der Waals surface area contributed by atoms with Crippen LogP contribution in [0.2, 0.25) is 0 Å². The van der Waals surface area contributed by atoms with Crippen molar-refractivity contribution in [3.63, 3.8) is 0 Å². The van der Waals surface area contributed by atoms with E-state index in [-0.39, 0.29) is 22.8 Å². The SMILES string of the molecule is [2H]C([2H])([2H])c1cnc(-c2cccc3c2oc2cc4c(ccc5ccccc54)cc23)cc1-c1c(C(C)C)cc(C(C)(C)C)cc1C(C)C. The van der Waals surface area contributed by atoms with Gasteiger partial charge in [-0.2, -0.15) is 0 Å². The zero-order valence-corrected chi connectivity index (χ0v) is 26.7. The third-order valence-electron chi connectivity index (χ3n) is 9.12. The Labute approximate surface area is 265 Å². The van der Waals surface area contributed by atoms with Gasteiger partial charge < -0.3 is 4.42 Å². The maximum absolute atomic E-state index is 8.54. The predicted octanol–water partition coefficient (Wildman–Crippen LogP) is 12.5. The first-order chi connectivity index (χ1) is 22.2. The third-order valence-corrected chi connectivity index (χ3v) is 9.12. The van der Waals surface area contributed by atoms with E-state index < -0.39 is 6.85 Å². The molecule has 2 nitrogen and oxygen atoms in total. The first-order valence-electron chi connectivity index (χ1n) is 17.2. The van der Waals surface area contributed by atoms with Crippen LogP contribution in [0.15, 0.2) is 95.5 Å². The topological polar surface area (TPSA) is 26.0 Å². The molecule has 0 N–H and O–H groups in total. The number of hydrogen-bond acceptors (Lipinski definition) is 2. The van der Waals surface area contributed by atoms with Crippen molar-refractivity contribution in [3.05, 3.63) is 113 Å². The molecule has 7 aromatic rings. The number of hydrogen-bond donors (Lipinski definition) is 0. The van der Waals surface area contributed by atoms with Gasteiger partial charge >= 0.3 is 0 Å². The molecule has 0 aliphatic heterocycles. The van der Waals surface area contributed by atoms with E-state index >= 15 is 0 Å². The number of furan rings is 1. The summed E-state index contributed by atoms with van der Waals surface area (Å²) in [5.41, 5.74) is 8.61. The van der Waals surface area contributed by atoms with Crippen molar-refractivity contribution in [1.82, 2.24) is 4.98 Å². The summed E-state index contributed by atoms with van der Waals surface area (Å²) in [4.78, 5) is 4.80. The van der Waals surface area contributed by atoms with Gasteiger partial charge in [-0.25, -0.2) is 0 Å². The molecule has 44 heavy (non-hydrogen) atoms. The molecule has 2 heteroatoms. The molecule has 2 heterocycles. The van der Waals surface area contributed by atoms with Crippen LogP contribution in [0.4, 0.5) is 0 Å². The fourth-order valence-electron chi connectivity index (χ4n) is 6.65. The van der Waals surface area contributed by atoms with E-state index in [1.54, 1.807) is 6.20 Å². The Bertz CT molecular complexity index is 2300. The second kappa shape index (κ2) is 10.3. The quantitative estimate of drug-likeness (QED) is 0.194. The van der Waals surface area contributed by atoms with E-state index in [2.05, 4.69) is 115 Å². The summed E-state index contributed by atoms with van der Waals surface area (Å²) >= 11 is 0. The molecule has 0 radical (unpaired) electrons. The molecular weight excluding hydrogens is 534 g/mol. The summed E-state index contributed by atoms with van der Waals surface area (Å²) in [6.45, 7) is 13.1. The van der Waals surface area contributed by atoms with Crippen molar-refractivity contribution in [2.75, 3.05) is 0 Å². The summed E-state index contributed by atoms with van der Waals surface area (Å²) in [5.74, 6) is 0.379. The summed E-state index contributed by atoms with van der Waals surface area (Å²) in [5, 5.41) is 6.76. The number of aromatic nitrogens is 1. The minimum atomic E-state index is -2.33. The Balaban J connectivity index is 1.51. The summed E-state index contributed by atoms with van der Waals surface area (Å²) in [6.07, 6.45) is 1.56. The molecule has 7 rings (SSSR count). The standard InChI is InChI=1S/C42H41NO/c1-24(2)33-19-29(42(6,7)8)20-34(25(3)4)40(33)35-21-38(43-23-26(35)5)32-15-11-14-31-37-18-28-17-16-27-12-9-10-13-30(27)36(28)22-39(37)44-41(31)32/h9-25H,1-8H3/i5D3. The number of fused-ring (bicyclic) bond motifs is 6. The van der Waals surface area contributed by atoms with Crippen molar-refractivity contribution in [2.24, 2.45) is 0 Å². The van der Waals surface area contributed by atoms with Crippen molar-refractivity contribution < 1.29 is 8.53 Å². The van der Waals surface area contributed by atoms with E-state index in [1.807, 2.05) is 18.2 Å². The van der Waals surface area contributed by atoms with E-state index in [0.29, 0.717) is 11.3 Å². The van der Waals surface area contributed by atoms with Crippen LogP contribution in [0.25, 0.3) is 65.9 Å². The first kappa shape index (κ1) is 25.0. The Morgan fingerprint density at radius 1 is 0.682 bits per heavy atom. The summed E-state index contributed by atoms with van der Waals surface area (Å²) < 4.78 is 32.3. The second-order valence-electron chi connectivity index (χ2n) is 13.8. The molecular formula is C42H41NO. The minimum absolute atomic E-state index is 0.0455. The fourth-order valence-corrected chi connectivity index (χ4v) is 6.65. The summed E-state index contributed by atoms with van der Waals surface area (Å²) in [6, 6.07) is 29.8. The molecule has 0 spiro atoms. The van der Waals surface area contributed by atoms with Gasteiger partial charge in [0.15, 0.2) is 0 Å². The molecule has 0 fully saturated rings. The highest BCUT2D eigenvalue weighted by molar-refractivity contribution is 6.17. The highest BCUT2D eigenvalue weighted by Gasteiger charge is 2.24. The first-order valence-corrected chi connectivity index (χ1v) is 15.7. The minimum Gasteiger partial charge on any atom is -0.455 e. The zero-order valence-electron chi connectivity index (χ0n) is 29.7. The lowest BCUT2D eigenvalue weighted by atomic mass is 9.77. The van der Waals surface area contributed by atoms with Gasteiger partial charge in [0.25, 0.3) is 0 Å². The van der Waals surface area contributed by atoms with Crippen LogP contribution in [-0.2, 0) is 5.41 Å². The number of aryl methyl sites for hydroxylation is 1. The van der Waals surface area contributed by atoms with Gasteiger partial charge in [-0.3, -0.25) is 4.98 Å². The van der Waals surface area contributed by atoms with E-state index in [1.165, 1.54) is 16.3 Å². The lowest BCUT2D eigenvalue weighted by molar-refractivity contribution is 0.587.